The normalized spacial score (nSPS) is 10.4. The summed E-state index contributed by atoms with van der Waals surface area (Å²) in [5, 5.41) is 2.82. The van der Waals surface area contributed by atoms with Crippen molar-refractivity contribution in [2.45, 2.75) is 19.9 Å². The molecule has 21 heavy (non-hydrogen) atoms. The Kier molecular flexibility index (Phi) is 5.58. The van der Waals surface area contributed by atoms with Gasteiger partial charge in [0.05, 0.1) is 11.3 Å². The van der Waals surface area contributed by atoms with E-state index in [1.165, 1.54) is 6.07 Å². The Labute approximate surface area is 144 Å². The predicted molar refractivity (Wildman–Crippen MR) is 95.8 cm³/mol. The number of hydrogen-bond donors (Lipinski definition) is 1. The molecule has 0 atom stereocenters. The lowest BCUT2D eigenvalue weighted by Gasteiger charge is -2.10. The second kappa shape index (κ2) is 7.22. The Bertz CT molecular complexity index is 728. The van der Waals surface area contributed by atoms with Gasteiger partial charge in [0, 0.05) is 26.9 Å². The third-order valence-electron chi connectivity index (χ3n) is 2.88. The first-order chi connectivity index (χ1) is 10.0. The number of nitrogens with one attached hydrogen (secondary N) is 1. The van der Waals surface area contributed by atoms with Crippen molar-refractivity contribution in [1.29, 1.82) is 0 Å². The van der Waals surface area contributed by atoms with E-state index in [0.29, 0.717) is 17.8 Å². The highest BCUT2D eigenvalue weighted by molar-refractivity contribution is 14.1. The molecule has 0 aliphatic heterocycles. The van der Waals surface area contributed by atoms with Gasteiger partial charge < -0.3 is 9.88 Å². The summed E-state index contributed by atoms with van der Waals surface area (Å²) < 4.78 is 3.32. The number of anilines is 1. The number of aromatic nitrogens is 1. The molecule has 0 saturated carbocycles. The molecule has 2 rings (SSSR count). The first-order valence-electron chi connectivity index (χ1n) is 6.48. The van der Waals surface area contributed by atoms with Crippen molar-refractivity contribution in [2.75, 3.05) is 5.32 Å². The maximum Gasteiger partial charge on any atom is 0.256 e. The molecule has 6 heteroatoms. The second-order valence-corrected chi connectivity index (χ2v) is 6.63. The van der Waals surface area contributed by atoms with Crippen LogP contribution in [0.25, 0.3) is 0 Å². The number of carbonyl (C=O) groups excluding carboxylic acids is 1. The number of amides is 1. The van der Waals surface area contributed by atoms with Crippen LogP contribution >= 0.6 is 38.5 Å². The molecule has 0 fully saturated rings. The van der Waals surface area contributed by atoms with Crippen LogP contribution in [0.5, 0.6) is 0 Å². The van der Waals surface area contributed by atoms with Crippen LogP contribution in [0, 0.1) is 3.57 Å². The Morgan fingerprint density at radius 1 is 1.33 bits per heavy atom. The third kappa shape index (κ3) is 4.16. The number of aryl methyl sites for hydroxylation is 1. The standard InChI is InChI=1S/C15H14BrIN2O2/c1-2-7-19-9-11(4-6-14(19)20)18-15(21)12-8-10(17)3-5-13(12)16/h3-6,8-9H,2,7H2,1H3,(H,18,21). The van der Waals surface area contributed by atoms with Crippen LogP contribution < -0.4 is 10.9 Å². The second-order valence-electron chi connectivity index (χ2n) is 4.53. The molecular formula is C15H14BrIN2O2. The van der Waals surface area contributed by atoms with E-state index in [1.54, 1.807) is 16.8 Å². The minimum atomic E-state index is -0.206. The average molecular weight is 461 g/mol. The van der Waals surface area contributed by atoms with Crippen LogP contribution in [0.3, 0.4) is 0 Å². The van der Waals surface area contributed by atoms with Gasteiger partial charge in [0.2, 0.25) is 0 Å². The maximum absolute atomic E-state index is 12.3. The quantitative estimate of drug-likeness (QED) is 0.704. The molecule has 1 aromatic heterocycles. The van der Waals surface area contributed by atoms with E-state index >= 15 is 0 Å². The van der Waals surface area contributed by atoms with Crippen LogP contribution in [-0.2, 0) is 6.54 Å². The molecule has 1 amide bonds. The molecule has 0 unspecified atom stereocenters. The van der Waals surface area contributed by atoms with Crippen molar-refractivity contribution in [3.05, 3.63) is 60.5 Å². The summed E-state index contributed by atoms with van der Waals surface area (Å²) in [5.74, 6) is -0.206. The fourth-order valence-corrected chi connectivity index (χ4v) is 2.81. The van der Waals surface area contributed by atoms with Gasteiger partial charge in [0.1, 0.15) is 0 Å². The number of hydrogen-bond acceptors (Lipinski definition) is 2. The van der Waals surface area contributed by atoms with Gasteiger partial charge in [-0.15, -0.1) is 0 Å². The lowest BCUT2D eigenvalue weighted by molar-refractivity contribution is 0.102. The smallest absolute Gasteiger partial charge is 0.256 e. The van der Waals surface area contributed by atoms with Crippen molar-refractivity contribution >= 4 is 50.1 Å². The number of halogens is 2. The van der Waals surface area contributed by atoms with Crippen LogP contribution in [0.15, 0.2) is 45.8 Å². The molecule has 0 bridgehead atoms. The zero-order valence-corrected chi connectivity index (χ0v) is 15.1. The van der Waals surface area contributed by atoms with Gasteiger partial charge in [-0.05, 0) is 69.2 Å². The molecule has 1 heterocycles. The molecule has 110 valence electrons. The summed E-state index contributed by atoms with van der Waals surface area (Å²) in [6, 6.07) is 8.66. The molecular weight excluding hydrogens is 447 g/mol. The van der Waals surface area contributed by atoms with Crippen molar-refractivity contribution in [1.82, 2.24) is 4.57 Å². The third-order valence-corrected chi connectivity index (χ3v) is 4.24. The summed E-state index contributed by atoms with van der Waals surface area (Å²) >= 11 is 5.54. The molecule has 2 aromatic rings. The first kappa shape index (κ1) is 16.2. The number of pyridine rings is 1. The molecule has 0 aliphatic rings. The van der Waals surface area contributed by atoms with Crippen molar-refractivity contribution in [3.8, 4) is 0 Å². The SMILES string of the molecule is CCCn1cc(NC(=O)c2cc(I)ccc2Br)ccc1=O. The highest BCUT2D eigenvalue weighted by Crippen LogP contribution is 2.20. The Balaban J connectivity index is 2.25. The van der Waals surface area contributed by atoms with Gasteiger partial charge in [-0.1, -0.05) is 6.92 Å². The van der Waals surface area contributed by atoms with Crippen LogP contribution in [0.1, 0.15) is 23.7 Å². The monoisotopic (exact) mass is 460 g/mol. The Morgan fingerprint density at radius 3 is 2.81 bits per heavy atom. The molecule has 1 N–H and O–H groups in total. The predicted octanol–water partition coefficient (Wildman–Crippen LogP) is 3.88. The van der Waals surface area contributed by atoms with Gasteiger partial charge in [-0.25, -0.2) is 0 Å². The van der Waals surface area contributed by atoms with E-state index in [1.807, 2.05) is 25.1 Å². The van der Waals surface area contributed by atoms with Crippen molar-refractivity contribution < 1.29 is 4.79 Å². The molecule has 0 spiro atoms. The fraction of sp³-hybridized carbons (Fsp3) is 0.200. The van der Waals surface area contributed by atoms with Crippen LogP contribution in [-0.4, -0.2) is 10.5 Å². The van der Waals surface area contributed by atoms with E-state index < -0.39 is 0 Å². The molecule has 1 aromatic carbocycles. The number of rotatable bonds is 4. The van der Waals surface area contributed by atoms with E-state index in [2.05, 4.69) is 43.8 Å². The van der Waals surface area contributed by atoms with Gasteiger partial charge in [0.25, 0.3) is 11.5 Å². The lowest BCUT2D eigenvalue weighted by atomic mass is 10.2. The summed E-state index contributed by atoms with van der Waals surface area (Å²) in [4.78, 5) is 24.0. The highest BCUT2D eigenvalue weighted by atomic mass is 127. The van der Waals surface area contributed by atoms with Gasteiger partial charge in [-0.2, -0.15) is 0 Å². The highest BCUT2D eigenvalue weighted by Gasteiger charge is 2.11. The summed E-state index contributed by atoms with van der Waals surface area (Å²) in [7, 11) is 0. The average Bonchev–Trinajstić information content (AvgIpc) is 2.45. The molecule has 0 radical (unpaired) electrons. The summed E-state index contributed by atoms with van der Waals surface area (Å²) in [5.41, 5.74) is 1.11. The van der Waals surface area contributed by atoms with Gasteiger partial charge in [0.15, 0.2) is 0 Å². The number of benzene rings is 1. The summed E-state index contributed by atoms with van der Waals surface area (Å²) in [6.45, 7) is 2.64. The topological polar surface area (TPSA) is 51.1 Å². The lowest BCUT2D eigenvalue weighted by Crippen LogP contribution is -2.20. The largest absolute Gasteiger partial charge is 0.321 e. The zero-order valence-electron chi connectivity index (χ0n) is 11.4. The maximum atomic E-state index is 12.3. The van der Waals surface area contributed by atoms with E-state index in [4.69, 9.17) is 0 Å². The van der Waals surface area contributed by atoms with Gasteiger partial charge >= 0.3 is 0 Å². The van der Waals surface area contributed by atoms with Crippen molar-refractivity contribution in [3.63, 3.8) is 0 Å². The molecule has 0 saturated heterocycles. The van der Waals surface area contributed by atoms with Gasteiger partial charge in [-0.3, -0.25) is 9.59 Å². The van der Waals surface area contributed by atoms with Crippen molar-refractivity contribution in [2.24, 2.45) is 0 Å². The van der Waals surface area contributed by atoms with E-state index in [9.17, 15) is 9.59 Å². The summed E-state index contributed by atoms with van der Waals surface area (Å²) in [6.07, 6.45) is 2.53. The minimum absolute atomic E-state index is 0.0645. The first-order valence-corrected chi connectivity index (χ1v) is 8.35. The van der Waals surface area contributed by atoms with Crippen LogP contribution in [0.4, 0.5) is 5.69 Å². The van der Waals surface area contributed by atoms with E-state index in [0.717, 1.165) is 14.5 Å². The Morgan fingerprint density at radius 2 is 2.10 bits per heavy atom. The van der Waals surface area contributed by atoms with Crippen LogP contribution in [0.2, 0.25) is 0 Å². The fourth-order valence-electron chi connectivity index (χ4n) is 1.89. The molecule has 4 nitrogen and oxygen atoms in total. The Hall–Kier alpha value is -1.15. The van der Waals surface area contributed by atoms with E-state index in [-0.39, 0.29) is 11.5 Å². The number of nitrogens with zero attached hydrogens (tertiary/aromatic N) is 1. The minimum Gasteiger partial charge on any atom is -0.321 e. The molecule has 0 aliphatic carbocycles. The number of carbonyl (C=O) groups is 1. The zero-order chi connectivity index (χ0) is 15.4.